The molecular weight excluding hydrogens is 412 g/mol. The van der Waals surface area contributed by atoms with E-state index in [1.165, 1.54) is 0 Å². The summed E-state index contributed by atoms with van der Waals surface area (Å²) in [6.45, 7) is 3.87. The topological polar surface area (TPSA) is 123 Å². The predicted octanol–water partition coefficient (Wildman–Crippen LogP) is -0.178. The number of carbonyl (C=O) groups is 2. The number of aryl methyl sites for hydroxylation is 1. The van der Waals surface area contributed by atoms with Crippen molar-refractivity contribution in [3.8, 4) is 0 Å². The number of amides is 2. The van der Waals surface area contributed by atoms with E-state index < -0.39 is 0 Å². The first kappa shape index (κ1) is 25.8. The fourth-order valence-electron chi connectivity index (χ4n) is 3.20. The summed E-state index contributed by atoms with van der Waals surface area (Å²) >= 11 is 0. The molecule has 5 N–H and O–H groups in total. The molecule has 2 aromatic rings. The second kappa shape index (κ2) is 14.5. The Morgan fingerprint density at radius 3 is 2.56 bits per heavy atom. The highest BCUT2D eigenvalue weighted by Gasteiger charge is 2.12. The number of fused-ring (bicyclic) bond motifs is 1. The lowest BCUT2D eigenvalue weighted by Crippen LogP contribution is -2.38. The number of nitrogens with zero attached hydrogens (tertiary/aromatic N) is 2. The second-order valence-electron chi connectivity index (χ2n) is 7.32. The molecule has 32 heavy (non-hydrogen) atoms. The third-order valence-electron chi connectivity index (χ3n) is 4.89. The van der Waals surface area contributed by atoms with Gasteiger partial charge in [0, 0.05) is 44.3 Å². The van der Waals surface area contributed by atoms with Crippen molar-refractivity contribution >= 4 is 22.7 Å². The molecule has 1 aromatic heterocycles. The second-order valence-corrected chi connectivity index (χ2v) is 7.32. The lowest BCUT2D eigenvalue weighted by molar-refractivity contribution is -0.126. The monoisotopic (exact) mass is 448 g/mol. The van der Waals surface area contributed by atoms with Crippen LogP contribution in [0.4, 0.5) is 0 Å². The van der Waals surface area contributed by atoms with Gasteiger partial charge in [-0.05, 0) is 24.6 Å². The van der Waals surface area contributed by atoms with Crippen molar-refractivity contribution in [3.05, 3.63) is 36.0 Å². The van der Waals surface area contributed by atoms with Crippen LogP contribution in [0.2, 0.25) is 0 Å². The summed E-state index contributed by atoms with van der Waals surface area (Å²) in [5.74, 6) is -0.414. The molecular formula is C22H36N6O4. The first-order chi connectivity index (χ1) is 15.5. The summed E-state index contributed by atoms with van der Waals surface area (Å²) in [6.07, 6.45) is 0.286. The van der Waals surface area contributed by atoms with Gasteiger partial charge in [-0.15, -0.1) is 0 Å². The molecule has 2 rings (SSSR count). The third-order valence-corrected chi connectivity index (χ3v) is 4.89. The number of hydrazine groups is 1. The van der Waals surface area contributed by atoms with Crippen LogP contribution in [0.1, 0.15) is 12.1 Å². The van der Waals surface area contributed by atoms with E-state index in [4.69, 9.17) is 15.2 Å². The highest BCUT2D eigenvalue weighted by atomic mass is 16.5. The quantitative estimate of drug-likeness (QED) is 0.208. The fourth-order valence-corrected chi connectivity index (χ4v) is 3.20. The Hall–Kier alpha value is -2.50. The summed E-state index contributed by atoms with van der Waals surface area (Å²) in [5, 5.41) is 8.51. The largest absolute Gasteiger partial charge is 0.378 e. The molecule has 0 aliphatic heterocycles. The van der Waals surface area contributed by atoms with E-state index in [1.807, 2.05) is 31.2 Å². The minimum atomic E-state index is -0.246. The number of nitrogens with two attached hydrogens (primary N) is 1. The Kier molecular flexibility index (Phi) is 11.7. The van der Waals surface area contributed by atoms with Crippen molar-refractivity contribution in [1.82, 2.24) is 25.6 Å². The summed E-state index contributed by atoms with van der Waals surface area (Å²) in [4.78, 5) is 24.2. The van der Waals surface area contributed by atoms with Gasteiger partial charge in [-0.25, -0.2) is 5.01 Å². The van der Waals surface area contributed by atoms with Crippen LogP contribution in [0.3, 0.4) is 0 Å². The van der Waals surface area contributed by atoms with Gasteiger partial charge >= 0.3 is 0 Å². The maximum Gasteiger partial charge on any atom is 0.239 e. The first-order valence-corrected chi connectivity index (χ1v) is 10.9. The number of aromatic nitrogens is 1. The van der Waals surface area contributed by atoms with E-state index in [9.17, 15) is 9.59 Å². The van der Waals surface area contributed by atoms with Gasteiger partial charge in [0.15, 0.2) is 0 Å². The van der Waals surface area contributed by atoms with Gasteiger partial charge in [0.05, 0.1) is 39.5 Å². The summed E-state index contributed by atoms with van der Waals surface area (Å²) in [5.41, 5.74) is 10.6. The standard InChI is InChI=1S/C22H36N6O4/c1-24-27(2)17-19-15-18-5-3-4-6-20(18)28(19)10-7-21(29)26-16-22(30)25-9-12-32-14-13-31-11-8-23/h3-6,15,24H,7-14,16-17,23H2,1-2H3,(H,25,30)(H,26,29). The third kappa shape index (κ3) is 8.93. The maximum atomic E-state index is 12.3. The van der Waals surface area contributed by atoms with E-state index >= 15 is 0 Å². The Morgan fingerprint density at radius 2 is 1.81 bits per heavy atom. The average molecular weight is 449 g/mol. The zero-order valence-electron chi connectivity index (χ0n) is 19.1. The molecule has 0 saturated heterocycles. The van der Waals surface area contributed by atoms with Crippen LogP contribution in [-0.2, 0) is 32.2 Å². The lowest BCUT2D eigenvalue weighted by Gasteiger charge is -2.17. The van der Waals surface area contributed by atoms with Crippen LogP contribution in [0.15, 0.2) is 30.3 Å². The van der Waals surface area contributed by atoms with Crippen molar-refractivity contribution in [2.24, 2.45) is 5.73 Å². The van der Waals surface area contributed by atoms with Gasteiger partial charge in [0.25, 0.3) is 0 Å². The molecule has 0 radical (unpaired) electrons. The normalized spacial score (nSPS) is 11.2. The average Bonchev–Trinajstić information content (AvgIpc) is 3.14. The minimum absolute atomic E-state index is 0.0553. The number of rotatable bonds is 16. The van der Waals surface area contributed by atoms with E-state index in [0.717, 1.165) is 16.6 Å². The maximum absolute atomic E-state index is 12.3. The van der Waals surface area contributed by atoms with E-state index in [1.54, 1.807) is 0 Å². The van der Waals surface area contributed by atoms with Crippen LogP contribution in [0.25, 0.3) is 10.9 Å². The molecule has 2 amide bonds. The molecule has 0 saturated carbocycles. The smallest absolute Gasteiger partial charge is 0.239 e. The van der Waals surface area contributed by atoms with Crippen LogP contribution in [-0.4, -0.2) is 81.5 Å². The molecule has 0 atom stereocenters. The summed E-state index contributed by atoms with van der Waals surface area (Å²) < 4.78 is 12.7. The minimum Gasteiger partial charge on any atom is -0.378 e. The molecule has 10 nitrogen and oxygen atoms in total. The van der Waals surface area contributed by atoms with Crippen LogP contribution >= 0.6 is 0 Å². The van der Waals surface area contributed by atoms with Gasteiger partial charge < -0.3 is 30.4 Å². The Morgan fingerprint density at radius 1 is 1.06 bits per heavy atom. The zero-order chi connectivity index (χ0) is 23.2. The number of para-hydroxylation sites is 1. The van der Waals surface area contributed by atoms with Crippen molar-refractivity contribution in [2.45, 2.75) is 19.5 Å². The van der Waals surface area contributed by atoms with Gasteiger partial charge in [0.2, 0.25) is 11.8 Å². The number of carbonyl (C=O) groups excluding carboxylic acids is 2. The molecule has 0 fully saturated rings. The van der Waals surface area contributed by atoms with Crippen molar-refractivity contribution in [3.63, 3.8) is 0 Å². The molecule has 178 valence electrons. The van der Waals surface area contributed by atoms with E-state index in [2.05, 4.69) is 38.8 Å². The number of hydrogen-bond acceptors (Lipinski definition) is 7. The van der Waals surface area contributed by atoms with Gasteiger partial charge in [0.1, 0.15) is 0 Å². The highest BCUT2D eigenvalue weighted by Crippen LogP contribution is 2.21. The molecule has 0 bridgehead atoms. The van der Waals surface area contributed by atoms with Crippen LogP contribution in [0.5, 0.6) is 0 Å². The van der Waals surface area contributed by atoms with E-state index in [-0.39, 0.29) is 24.8 Å². The Balaban J connectivity index is 1.71. The molecule has 0 unspecified atom stereocenters. The molecule has 0 aliphatic carbocycles. The summed E-state index contributed by atoms with van der Waals surface area (Å²) in [6, 6.07) is 10.3. The summed E-state index contributed by atoms with van der Waals surface area (Å²) in [7, 11) is 3.84. The molecule has 0 spiro atoms. The van der Waals surface area contributed by atoms with Crippen molar-refractivity contribution in [1.29, 1.82) is 0 Å². The number of ether oxygens (including phenoxy) is 2. The van der Waals surface area contributed by atoms with Crippen LogP contribution < -0.4 is 21.8 Å². The highest BCUT2D eigenvalue weighted by molar-refractivity contribution is 5.85. The zero-order valence-corrected chi connectivity index (χ0v) is 19.1. The molecule has 1 heterocycles. The number of benzene rings is 1. The van der Waals surface area contributed by atoms with Crippen LogP contribution in [0, 0.1) is 0 Å². The lowest BCUT2D eigenvalue weighted by atomic mass is 10.2. The van der Waals surface area contributed by atoms with Gasteiger partial charge in [-0.2, -0.15) is 0 Å². The molecule has 1 aromatic carbocycles. The molecule has 0 aliphatic rings. The van der Waals surface area contributed by atoms with Crippen molar-refractivity contribution < 1.29 is 19.1 Å². The van der Waals surface area contributed by atoms with E-state index in [0.29, 0.717) is 52.6 Å². The van der Waals surface area contributed by atoms with Gasteiger partial charge in [-0.3, -0.25) is 15.0 Å². The van der Waals surface area contributed by atoms with Gasteiger partial charge in [-0.1, -0.05) is 18.2 Å². The first-order valence-electron chi connectivity index (χ1n) is 10.9. The Bertz CT molecular complexity index is 841. The van der Waals surface area contributed by atoms with Crippen molar-refractivity contribution in [2.75, 3.05) is 60.2 Å². The number of nitrogens with one attached hydrogen (secondary N) is 3. The number of hydrogen-bond donors (Lipinski definition) is 4. The Labute approximate surface area is 189 Å². The molecule has 10 heteroatoms. The SMILES string of the molecule is CNN(C)Cc1cc2ccccc2n1CCC(=O)NCC(=O)NCCOCCOCCN. The fraction of sp³-hybridized carbons (Fsp3) is 0.545. The predicted molar refractivity (Wildman–Crippen MR) is 124 cm³/mol.